The monoisotopic (exact) mass is 574 g/mol. The Hall–Kier alpha value is 3.27. The second-order valence-corrected chi connectivity index (χ2v) is 6.00. The second kappa shape index (κ2) is 56.1. The second-order valence-electron chi connectivity index (χ2n) is 0.894. The van der Waals surface area contributed by atoms with Crippen LogP contribution in [0.3, 0.4) is 0 Å². The third-order valence-corrected chi connectivity index (χ3v) is 0. The van der Waals surface area contributed by atoms with Crippen molar-refractivity contribution in [2.45, 2.75) is 29.2 Å². The molecule has 0 aliphatic carbocycles. The van der Waals surface area contributed by atoms with Gasteiger partial charge in [-0.3, -0.25) is 0 Å². The zero-order valence-corrected chi connectivity index (χ0v) is 18.0. The fourth-order valence-electron chi connectivity index (χ4n) is 0. The molecule has 0 aliphatic heterocycles. The first-order valence-corrected chi connectivity index (χ1v) is 18.0. The van der Waals surface area contributed by atoms with Crippen molar-refractivity contribution in [1.29, 1.82) is 0 Å². The summed E-state index contributed by atoms with van der Waals surface area (Å²) in [7, 11) is 0. The summed E-state index contributed by atoms with van der Waals surface area (Å²) in [6.45, 7) is 0. The third kappa shape index (κ3) is 111. The molecule has 10 heavy (non-hydrogen) atoms. The topological polar surface area (TPSA) is 0 Å². The molecule has 0 aromatic carbocycles. The van der Waals surface area contributed by atoms with E-state index in [0.29, 0.717) is 43.2 Å². The Kier molecular flexibility index (Phi) is 130. The van der Waals surface area contributed by atoms with Gasteiger partial charge in [-0.2, -0.15) is 0 Å². The van der Waals surface area contributed by atoms with Crippen molar-refractivity contribution in [3.05, 3.63) is 0 Å². The molecule has 0 atom stereocenters. The van der Waals surface area contributed by atoms with Gasteiger partial charge in [0.1, 0.15) is 0 Å². The van der Waals surface area contributed by atoms with Gasteiger partial charge in [0.25, 0.3) is 0 Å². The van der Waals surface area contributed by atoms with Crippen molar-refractivity contribution in [3.63, 3.8) is 0 Å². The van der Waals surface area contributed by atoms with Gasteiger partial charge >= 0.3 is 118 Å². The molecule has 0 bridgehead atoms. The number of hydrogen-bond donors (Lipinski definition) is 0. The summed E-state index contributed by atoms with van der Waals surface area (Å²) in [5.74, 6) is 0. The van der Waals surface area contributed by atoms with Crippen molar-refractivity contribution in [2.24, 2.45) is 0 Å². The van der Waals surface area contributed by atoms with Crippen molar-refractivity contribution < 1.29 is 0 Å². The van der Waals surface area contributed by atoms with E-state index in [2.05, 4.69) is 29.2 Å². The van der Waals surface area contributed by atoms with Gasteiger partial charge in [0.05, 0.1) is 0 Å². The molecule has 0 heterocycles. The molecule has 0 amide bonds. The molecule has 0 saturated carbocycles. The van der Waals surface area contributed by atoms with Crippen LogP contribution in [0.2, 0.25) is 29.2 Å². The summed E-state index contributed by atoms with van der Waals surface area (Å²) in [4.78, 5) is 13.2. The molecule has 6 radical (unpaired) electrons. The average molecular weight is 577 g/mol. The van der Waals surface area contributed by atoms with Crippen molar-refractivity contribution >= 4 is 89.3 Å². The van der Waals surface area contributed by atoms with Crippen LogP contribution in [0.5, 0.6) is 0 Å². The van der Waals surface area contributed by atoms with Crippen LogP contribution < -0.4 is 0 Å². The summed E-state index contributed by atoms with van der Waals surface area (Å²) < 4.78 is 0. The maximum absolute atomic E-state index is 2.28. The van der Waals surface area contributed by atoms with E-state index >= 15 is 0 Å². The van der Waals surface area contributed by atoms with Gasteiger partial charge in [-0.15, -0.1) is 0 Å². The SMILES string of the molecule is [CH3][Sb].[CH3][Sb].[CH3][Sb][CH3].[CH3][Sb][CH3]. The number of hydrogen-bond acceptors (Lipinski definition) is 0. The van der Waals surface area contributed by atoms with Crippen LogP contribution in [0.1, 0.15) is 0 Å². The van der Waals surface area contributed by atoms with Crippen LogP contribution in [-0.4, -0.2) is 89.3 Å². The third-order valence-electron chi connectivity index (χ3n) is 0. The minimum atomic E-state index is 0.350. The summed E-state index contributed by atoms with van der Waals surface area (Å²) >= 11 is 4.20. The number of rotatable bonds is 0. The van der Waals surface area contributed by atoms with Crippen molar-refractivity contribution in [1.82, 2.24) is 0 Å². The summed E-state index contributed by atoms with van der Waals surface area (Å²) in [6, 6.07) is 0. The van der Waals surface area contributed by atoms with Gasteiger partial charge in [0, 0.05) is 0 Å². The molecule has 0 aromatic rings. The Morgan fingerprint density at radius 3 is 0.600 bits per heavy atom. The maximum atomic E-state index is 2.28. The van der Waals surface area contributed by atoms with Crippen LogP contribution in [0.4, 0.5) is 0 Å². The molecule has 0 N–H and O–H groups in total. The minimum absolute atomic E-state index is 0.350. The Balaban J connectivity index is -0.0000000246. The quantitative estimate of drug-likeness (QED) is 0.387. The Bertz CT molecular complexity index is 11.7. The van der Waals surface area contributed by atoms with Gasteiger partial charge in [0.2, 0.25) is 0 Å². The first-order chi connectivity index (χ1) is 4.83. The predicted octanol–water partition coefficient (Wildman–Crippen LogP) is 1.98. The van der Waals surface area contributed by atoms with Gasteiger partial charge in [0.15, 0.2) is 0 Å². The molecule has 0 aromatic heterocycles. The van der Waals surface area contributed by atoms with Gasteiger partial charge in [-0.1, -0.05) is 0 Å². The molecule has 0 spiro atoms. The van der Waals surface area contributed by atoms with E-state index in [9.17, 15) is 0 Å². The predicted molar refractivity (Wildman–Crippen MR) is 58.2 cm³/mol. The first kappa shape index (κ1) is 23.3. The Morgan fingerprint density at radius 2 is 0.600 bits per heavy atom. The fraction of sp³-hybridized carbons (Fsp3) is 1.00. The van der Waals surface area contributed by atoms with E-state index in [-0.39, 0.29) is 0 Å². The van der Waals surface area contributed by atoms with E-state index in [1.807, 2.05) is 0 Å². The van der Waals surface area contributed by atoms with Crippen LogP contribution in [0.15, 0.2) is 0 Å². The van der Waals surface area contributed by atoms with Gasteiger partial charge in [-0.05, 0) is 0 Å². The Labute approximate surface area is 116 Å². The van der Waals surface area contributed by atoms with E-state index in [1.54, 1.807) is 46.0 Å². The average Bonchev–Trinajstić information content (AvgIpc) is 1.99. The van der Waals surface area contributed by atoms with E-state index < -0.39 is 0 Å². The van der Waals surface area contributed by atoms with E-state index in [4.69, 9.17) is 0 Å². The molecule has 0 aliphatic rings. The Morgan fingerprint density at radius 1 is 0.600 bits per heavy atom. The van der Waals surface area contributed by atoms with E-state index in [1.165, 1.54) is 0 Å². The summed E-state index contributed by atoms with van der Waals surface area (Å²) in [6.07, 6.45) is 0. The standard InChI is InChI=1S/6CH3.4Sb/h6*1H3;;;;. The molecular weight excluding hydrogens is 559 g/mol. The van der Waals surface area contributed by atoms with Crippen LogP contribution in [0, 0.1) is 0 Å². The normalized spacial score (nSPS) is 4.80. The van der Waals surface area contributed by atoms with Crippen LogP contribution in [0.25, 0.3) is 0 Å². The molecule has 4 heteroatoms. The summed E-state index contributed by atoms with van der Waals surface area (Å²) in [5.41, 5.74) is 0. The van der Waals surface area contributed by atoms with Gasteiger partial charge < -0.3 is 0 Å². The molecule has 0 saturated heterocycles. The molecule has 0 fully saturated rings. The molecule has 0 unspecified atom stereocenters. The van der Waals surface area contributed by atoms with E-state index in [0.717, 1.165) is 0 Å². The molecule has 0 nitrogen and oxygen atoms in total. The van der Waals surface area contributed by atoms with Gasteiger partial charge in [-0.25, -0.2) is 0 Å². The van der Waals surface area contributed by atoms with Crippen LogP contribution in [-0.2, 0) is 0 Å². The molecule has 0 rings (SSSR count). The van der Waals surface area contributed by atoms with Crippen molar-refractivity contribution in [3.8, 4) is 0 Å². The zero-order chi connectivity index (χ0) is 9.41. The zero-order valence-electron chi connectivity index (χ0n) is 7.79. The first-order valence-electron chi connectivity index (χ1n) is 2.68. The van der Waals surface area contributed by atoms with Crippen LogP contribution >= 0.6 is 0 Å². The fourth-order valence-corrected chi connectivity index (χ4v) is 0. The molecule has 62 valence electrons. The summed E-state index contributed by atoms with van der Waals surface area (Å²) in [5, 5.41) is 0. The van der Waals surface area contributed by atoms with Crippen molar-refractivity contribution in [2.75, 3.05) is 0 Å². The molecular formula is C6H18Sb4.